The van der Waals surface area contributed by atoms with Gasteiger partial charge in [0.25, 0.3) is 5.95 Å². The smallest absolute Gasteiger partial charge is 0.272 e. The lowest BCUT2D eigenvalue weighted by Gasteiger charge is -2.25. The van der Waals surface area contributed by atoms with E-state index in [9.17, 15) is 4.79 Å². The predicted molar refractivity (Wildman–Crippen MR) is 136 cm³/mol. The van der Waals surface area contributed by atoms with E-state index in [-0.39, 0.29) is 11.8 Å². The van der Waals surface area contributed by atoms with Gasteiger partial charge in [0, 0.05) is 23.5 Å². The number of aromatic nitrogens is 5. The van der Waals surface area contributed by atoms with E-state index in [1.807, 2.05) is 56.3 Å². The molecule has 1 N–H and O–H groups in total. The molecule has 1 aliphatic rings. The summed E-state index contributed by atoms with van der Waals surface area (Å²) in [4.78, 5) is 17.5. The predicted octanol–water partition coefficient (Wildman–Crippen LogP) is 4.61. The maximum absolute atomic E-state index is 12.8. The third-order valence-electron chi connectivity index (χ3n) is 6.24. The van der Waals surface area contributed by atoms with Crippen LogP contribution < -0.4 is 14.8 Å². The van der Waals surface area contributed by atoms with Crippen molar-refractivity contribution in [1.82, 2.24) is 25.0 Å². The van der Waals surface area contributed by atoms with Crippen molar-refractivity contribution in [2.75, 3.05) is 19.0 Å². The minimum Gasteiger partial charge on any atom is -0.493 e. The molecule has 4 aromatic rings. The molecular weight excluding hydrogens is 456 g/mol. The Morgan fingerprint density at radius 2 is 1.92 bits per heavy atom. The number of hydrogen-bond donors (Lipinski definition) is 1. The fourth-order valence-corrected chi connectivity index (χ4v) is 4.46. The molecule has 0 saturated carbocycles. The monoisotopic (exact) mass is 484 g/mol. The molecule has 0 saturated heterocycles. The lowest BCUT2D eigenvalue weighted by Crippen LogP contribution is -2.25. The number of nitrogens with one attached hydrogen (secondary N) is 1. The van der Waals surface area contributed by atoms with Crippen LogP contribution in [0.3, 0.4) is 0 Å². The maximum Gasteiger partial charge on any atom is 0.272 e. The van der Waals surface area contributed by atoms with Crippen LogP contribution in [0.1, 0.15) is 48.1 Å². The van der Waals surface area contributed by atoms with Crippen molar-refractivity contribution in [2.24, 2.45) is 0 Å². The molecule has 0 aliphatic carbocycles. The normalized spacial score (nSPS) is 14.8. The fourth-order valence-electron chi connectivity index (χ4n) is 4.46. The van der Waals surface area contributed by atoms with E-state index < -0.39 is 0 Å². The van der Waals surface area contributed by atoms with Gasteiger partial charge in [-0.1, -0.05) is 42.8 Å². The van der Waals surface area contributed by atoms with Crippen molar-refractivity contribution in [3.63, 3.8) is 0 Å². The number of rotatable bonds is 7. The summed E-state index contributed by atoms with van der Waals surface area (Å²) in [6.45, 7) is 6.62. The van der Waals surface area contributed by atoms with Gasteiger partial charge in [0.2, 0.25) is 5.91 Å². The van der Waals surface area contributed by atoms with E-state index in [1.54, 1.807) is 18.0 Å². The molecule has 0 bridgehead atoms. The Kier molecular flexibility index (Phi) is 6.37. The average Bonchev–Trinajstić information content (AvgIpc) is 3.23. The average molecular weight is 485 g/mol. The molecular formula is C27H28N6O3. The van der Waals surface area contributed by atoms with Gasteiger partial charge in [0.1, 0.15) is 5.82 Å². The third kappa shape index (κ3) is 4.39. The van der Waals surface area contributed by atoms with E-state index in [1.165, 1.54) is 0 Å². The number of aryl methyl sites for hydroxylation is 2. The summed E-state index contributed by atoms with van der Waals surface area (Å²) in [5, 5.41) is 16.1. The zero-order chi connectivity index (χ0) is 25.2. The van der Waals surface area contributed by atoms with E-state index >= 15 is 0 Å². The second-order valence-electron chi connectivity index (χ2n) is 8.83. The van der Waals surface area contributed by atoms with Gasteiger partial charge in [-0.2, -0.15) is 14.9 Å². The Bertz CT molecular complexity index is 1410. The van der Waals surface area contributed by atoms with Gasteiger partial charge in [0.05, 0.1) is 31.3 Å². The Hall–Kier alpha value is -4.27. The van der Waals surface area contributed by atoms with Crippen LogP contribution in [0.2, 0.25) is 0 Å². The molecule has 1 amide bonds. The summed E-state index contributed by atoms with van der Waals surface area (Å²) < 4.78 is 13.0. The number of carbonyl (C=O) groups is 1. The van der Waals surface area contributed by atoms with Crippen LogP contribution in [0, 0.1) is 13.8 Å². The second-order valence-corrected chi connectivity index (χ2v) is 8.83. The Labute approximate surface area is 209 Å². The zero-order valence-corrected chi connectivity index (χ0v) is 20.8. The SMILES string of the molecule is CCCOc1ccc([C@@H]2CC(=O)Nc3c2c(C)nn3-c2nncc(-c3ccc(C)cc3)n2)cc1OC. The van der Waals surface area contributed by atoms with Crippen LogP contribution in [-0.2, 0) is 4.79 Å². The van der Waals surface area contributed by atoms with Crippen molar-refractivity contribution >= 4 is 11.7 Å². The zero-order valence-electron chi connectivity index (χ0n) is 20.8. The topological polar surface area (TPSA) is 104 Å². The summed E-state index contributed by atoms with van der Waals surface area (Å²) >= 11 is 0. The highest BCUT2D eigenvalue weighted by molar-refractivity contribution is 5.95. The van der Waals surface area contributed by atoms with Crippen LogP contribution in [0.4, 0.5) is 5.82 Å². The number of benzene rings is 2. The van der Waals surface area contributed by atoms with Gasteiger partial charge in [-0.3, -0.25) is 4.79 Å². The van der Waals surface area contributed by atoms with E-state index in [0.29, 0.717) is 42.0 Å². The molecule has 1 aliphatic heterocycles. The number of anilines is 1. The number of methoxy groups -OCH3 is 1. The van der Waals surface area contributed by atoms with Crippen molar-refractivity contribution in [2.45, 2.75) is 39.5 Å². The highest BCUT2D eigenvalue weighted by Gasteiger charge is 2.33. The molecule has 2 aromatic heterocycles. The highest BCUT2D eigenvalue weighted by Crippen LogP contribution is 2.42. The molecule has 0 unspecified atom stereocenters. The van der Waals surface area contributed by atoms with Crippen molar-refractivity contribution in [3.8, 4) is 28.7 Å². The molecule has 1 atom stereocenters. The Morgan fingerprint density at radius 1 is 1.11 bits per heavy atom. The minimum absolute atomic E-state index is 0.110. The van der Waals surface area contributed by atoms with Crippen molar-refractivity contribution in [3.05, 3.63) is 71.0 Å². The number of nitrogens with zero attached hydrogens (tertiary/aromatic N) is 5. The molecule has 5 rings (SSSR count). The molecule has 184 valence electrons. The summed E-state index contributed by atoms with van der Waals surface area (Å²) in [7, 11) is 1.62. The number of amides is 1. The first kappa shape index (κ1) is 23.5. The Balaban J connectivity index is 1.55. The van der Waals surface area contributed by atoms with Gasteiger partial charge in [-0.15, -0.1) is 5.10 Å². The first-order valence-electron chi connectivity index (χ1n) is 12.0. The first-order valence-corrected chi connectivity index (χ1v) is 12.0. The first-order chi connectivity index (χ1) is 17.5. The van der Waals surface area contributed by atoms with Gasteiger partial charge >= 0.3 is 0 Å². The van der Waals surface area contributed by atoms with Crippen LogP contribution in [0.15, 0.2) is 48.7 Å². The van der Waals surface area contributed by atoms with E-state index in [2.05, 4.69) is 22.4 Å². The molecule has 36 heavy (non-hydrogen) atoms. The fraction of sp³-hybridized carbons (Fsp3) is 0.296. The van der Waals surface area contributed by atoms with Gasteiger partial charge in [0.15, 0.2) is 11.5 Å². The van der Waals surface area contributed by atoms with Crippen molar-refractivity contribution in [1.29, 1.82) is 0 Å². The number of carbonyl (C=O) groups excluding carboxylic acids is 1. The highest BCUT2D eigenvalue weighted by atomic mass is 16.5. The van der Waals surface area contributed by atoms with Crippen LogP contribution >= 0.6 is 0 Å². The second kappa shape index (κ2) is 9.77. The minimum atomic E-state index is -0.204. The summed E-state index contributed by atoms with van der Waals surface area (Å²) in [5.74, 6) is 1.85. The molecule has 9 nitrogen and oxygen atoms in total. The van der Waals surface area contributed by atoms with Crippen LogP contribution in [0.25, 0.3) is 17.2 Å². The molecule has 0 spiro atoms. The number of fused-ring (bicyclic) bond motifs is 1. The lowest BCUT2D eigenvalue weighted by atomic mass is 9.85. The molecule has 3 heterocycles. The van der Waals surface area contributed by atoms with E-state index in [4.69, 9.17) is 19.6 Å². The standard InChI is InChI=1S/C27H28N6O3/c1-5-12-36-22-11-10-19(13-23(22)35-4)20-14-24(34)30-26-25(20)17(3)32-33(26)27-29-21(15-28-31-27)18-8-6-16(2)7-9-18/h6-11,13,15,20H,5,12,14H2,1-4H3,(H,30,34)/t20-/m0/s1. The molecule has 2 aromatic carbocycles. The lowest BCUT2D eigenvalue weighted by molar-refractivity contribution is -0.116. The van der Waals surface area contributed by atoms with Crippen molar-refractivity contribution < 1.29 is 14.3 Å². The molecule has 0 radical (unpaired) electrons. The Morgan fingerprint density at radius 3 is 2.67 bits per heavy atom. The number of ether oxygens (including phenoxy) is 2. The molecule has 9 heteroatoms. The van der Waals surface area contributed by atoms with E-state index in [0.717, 1.165) is 34.4 Å². The summed E-state index contributed by atoms with van der Waals surface area (Å²) in [6, 6.07) is 13.8. The maximum atomic E-state index is 12.8. The third-order valence-corrected chi connectivity index (χ3v) is 6.24. The van der Waals surface area contributed by atoms with Crippen LogP contribution in [0.5, 0.6) is 11.5 Å². The van der Waals surface area contributed by atoms with Gasteiger partial charge in [-0.05, 0) is 38.0 Å². The van der Waals surface area contributed by atoms with Gasteiger partial charge < -0.3 is 14.8 Å². The number of hydrogen-bond acceptors (Lipinski definition) is 7. The van der Waals surface area contributed by atoms with Crippen LogP contribution in [-0.4, -0.2) is 44.6 Å². The summed E-state index contributed by atoms with van der Waals surface area (Å²) in [5.41, 5.74) is 5.41. The van der Waals surface area contributed by atoms with Gasteiger partial charge in [-0.25, -0.2) is 4.98 Å². The largest absolute Gasteiger partial charge is 0.493 e. The summed E-state index contributed by atoms with van der Waals surface area (Å²) in [6.07, 6.45) is 2.81. The quantitative estimate of drug-likeness (QED) is 0.408. The molecule has 0 fully saturated rings.